The van der Waals surface area contributed by atoms with Crippen LogP contribution in [0.1, 0.15) is 23.5 Å². The minimum Gasteiger partial charge on any atom is -0.497 e. The van der Waals surface area contributed by atoms with Gasteiger partial charge in [0, 0.05) is 45.8 Å². The summed E-state index contributed by atoms with van der Waals surface area (Å²) in [4.78, 5) is 29.1. The quantitative estimate of drug-likeness (QED) is 0.202. The van der Waals surface area contributed by atoms with Gasteiger partial charge >= 0.3 is 0 Å². The van der Waals surface area contributed by atoms with E-state index in [2.05, 4.69) is 26.4 Å². The summed E-state index contributed by atoms with van der Waals surface area (Å²) in [7, 11) is 3.34. The maximum atomic E-state index is 12.1. The molecule has 1 amide bonds. The lowest BCUT2D eigenvalue weighted by Crippen LogP contribution is -2.50. The molecule has 3 atom stereocenters. The molecule has 218 valence electrons. The number of piperidine rings is 1. The minimum atomic E-state index is -0.975. The maximum Gasteiger partial charge on any atom is 0.295 e. The number of carbonyl (C=O) groups is 1. The Kier molecular flexibility index (Phi) is 10.8. The second-order valence-corrected chi connectivity index (χ2v) is 9.85. The number of rotatable bonds is 14. The number of anilines is 1. The Morgan fingerprint density at radius 1 is 1.20 bits per heavy atom. The number of fused-ring (bicyclic) bond motifs is 1. The Morgan fingerprint density at radius 3 is 2.77 bits per heavy atom. The molecule has 2 aliphatic rings. The van der Waals surface area contributed by atoms with Crippen LogP contribution >= 0.6 is 0 Å². The topological polar surface area (TPSA) is 134 Å². The molecule has 1 saturated heterocycles. The van der Waals surface area contributed by atoms with Crippen molar-refractivity contribution in [2.75, 3.05) is 71.7 Å². The molecule has 12 heteroatoms. The van der Waals surface area contributed by atoms with Gasteiger partial charge in [-0.1, -0.05) is 18.2 Å². The fourth-order valence-electron chi connectivity index (χ4n) is 5.29. The van der Waals surface area contributed by atoms with Gasteiger partial charge in [-0.3, -0.25) is 4.79 Å². The van der Waals surface area contributed by atoms with Crippen LogP contribution in [0.5, 0.6) is 11.5 Å². The summed E-state index contributed by atoms with van der Waals surface area (Å²) in [5.41, 5.74) is 3.17. The monoisotopic (exact) mass is 558 g/mol. The standard InChI is InChI=1S/C28H38N4O8/c1-36-12-3-10-31-11-13-38-25-9-4-20(14-24(25)31)18-39-26-17-29-15-22(16-30-27(33)19-40-32(34)35)28(26)21-5-7-23(37-2)8-6-21/h4-9,14,22,26,28-29H,3,10-13,15-19H2,1-2H3,(H,30,33)/t22-,26-,28-/m0/s1. The van der Waals surface area contributed by atoms with Gasteiger partial charge in [-0.25, -0.2) is 0 Å². The van der Waals surface area contributed by atoms with E-state index in [-0.39, 0.29) is 17.9 Å². The van der Waals surface area contributed by atoms with Gasteiger partial charge in [-0.2, -0.15) is 0 Å². The van der Waals surface area contributed by atoms with Gasteiger partial charge in [0.25, 0.3) is 5.09 Å². The predicted octanol–water partition coefficient (Wildman–Crippen LogP) is 2.14. The fraction of sp³-hybridized carbons (Fsp3) is 0.536. The molecular weight excluding hydrogens is 520 g/mol. The van der Waals surface area contributed by atoms with Crippen LogP contribution in [0.4, 0.5) is 5.69 Å². The van der Waals surface area contributed by atoms with Crippen molar-refractivity contribution in [2.24, 2.45) is 5.92 Å². The highest BCUT2D eigenvalue weighted by molar-refractivity contribution is 5.77. The van der Waals surface area contributed by atoms with E-state index in [0.717, 1.165) is 47.8 Å². The third kappa shape index (κ3) is 7.96. The lowest BCUT2D eigenvalue weighted by atomic mass is 9.79. The van der Waals surface area contributed by atoms with E-state index in [9.17, 15) is 14.9 Å². The molecule has 2 heterocycles. The summed E-state index contributed by atoms with van der Waals surface area (Å²) in [5, 5.41) is 15.7. The minimum absolute atomic E-state index is 0.0140. The lowest BCUT2D eigenvalue weighted by molar-refractivity contribution is -0.754. The van der Waals surface area contributed by atoms with Crippen LogP contribution in [-0.2, 0) is 25.7 Å². The van der Waals surface area contributed by atoms with Crippen LogP contribution in [0.3, 0.4) is 0 Å². The zero-order valence-corrected chi connectivity index (χ0v) is 23.0. The average Bonchev–Trinajstić information content (AvgIpc) is 2.98. The normalized spacial score (nSPS) is 20.2. The van der Waals surface area contributed by atoms with E-state index in [1.807, 2.05) is 36.4 Å². The van der Waals surface area contributed by atoms with Gasteiger partial charge in [0.15, 0.2) is 6.61 Å². The number of hydrogen-bond donors (Lipinski definition) is 2. The number of nitrogens with zero attached hydrogens (tertiary/aromatic N) is 2. The Balaban J connectivity index is 1.46. The van der Waals surface area contributed by atoms with Crippen molar-refractivity contribution < 1.29 is 33.7 Å². The molecule has 12 nitrogen and oxygen atoms in total. The highest BCUT2D eigenvalue weighted by Crippen LogP contribution is 2.35. The summed E-state index contributed by atoms with van der Waals surface area (Å²) in [6.45, 7) is 4.47. The van der Waals surface area contributed by atoms with Gasteiger partial charge in [0.1, 0.15) is 18.1 Å². The second kappa shape index (κ2) is 14.7. The van der Waals surface area contributed by atoms with Crippen LogP contribution < -0.4 is 25.0 Å². The summed E-state index contributed by atoms with van der Waals surface area (Å²) < 4.78 is 23.0. The first-order valence-corrected chi connectivity index (χ1v) is 13.5. The van der Waals surface area contributed by atoms with Crippen LogP contribution in [0.2, 0.25) is 0 Å². The van der Waals surface area contributed by atoms with Crippen LogP contribution in [0, 0.1) is 16.0 Å². The summed E-state index contributed by atoms with van der Waals surface area (Å²) in [6, 6.07) is 14.0. The summed E-state index contributed by atoms with van der Waals surface area (Å²) in [6.07, 6.45) is 0.758. The Bertz CT molecular complexity index is 1120. The maximum absolute atomic E-state index is 12.1. The average molecular weight is 559 g/mol. The summed E-state index contributed by atoms with van der Waals surface area (Å²) in [5.74, 6) is 1.04. The molecule has 0 saturated carbocycles. The lowest BCUT2D eigenvalue weighted by Gasteiger charge is -2.39. The number of ether oxygens (including phenoxy) is 4. The Labute approximate surface area is 234 Å². The number of carbonyl (C=O) groups excluding carboxylic acids is 1. The van der Waals surface area contributed by atoms with Crippen LogP contribution in [-0.4, -0.2) is 83.9 Å². The van der Waals surface area contributed by atoms with Gasteiger partial charge in [0.05, 0.1) is 32.1 Å². The molecule has 2 aromatic rings. The van der Waals surface area contributed by atoms with E-state index < -0.39 is 17.6 Å². The molecule has 0 aromatic heterocycles. The highest BCUT2D eigenvalue weighted by atomic mass is 16.9. The summed E-state index contributed by atoms with van der Waals surface area (Å²) >= 11 is 0. The zero-order chi connectivity index (χ0) is 28.3. The van der Waals surface area contributed by atoms with Gasteiger partial charge in [0.2, 0.25) is 5.91 Å². The second-order valence-electron chi connectivity index (χ2n) is 9.85. The van der Waals surface area contributed by atoms with Crippen molar-refractivity contribution in [2.45, 2.75) is 25.0 Å². The van der Waals surface area contributed by atoms with Crippen molar-refractivity contribution in [1.82, 2.24) is 10.6 Å². The van der Waals surface area contributed by atoms with Gasteiger partial charge in [-0.15, -0.1) is 10.1 Å². The Morgan fingerprint density at radius 2 is 2.02 bits per heavy atom. The Hall–Kier alpha value is -3.61. The van der Waals surface area contributed by atoms with E-state index in [1.165, 1.54) is 0 Å². The number of hydrogen-bond acceptors (Lipinski definition) is 10. The van der Waals surface area contributed by atoms with Gasteiger partial charge in [-0.05, 0) is 47.7 Å². The largest absolute Gasteiger partial charge is 0.497 e. The van der Waals surface area contributed by atoms with Crippen molar-refractivity contribution >= 4 is 11.6 Å². The molecule has 2 aromatic carbocycles. The molecule has 0 bridgehead atoms. The highest BCUT2D eigenvalue weighted by Gasteiger charge is 2.35. The van der Waals surface area contributed by atoms with Crippen molar-refractivity contribution in [3.05, 3.63) is 63.7 Å². The van der Waals surface area contributed by atoms with E-state index in [4.69, 9.17) is 18.9 Å². The van der Waals surface area contributed by atoms with Crippen LogP contribution in [0.15, 0.2) is 42.5 Å². The fourth-order valence-corrected chi connectivity index (χ4v) is 5.29. The molecule has 40 heavy (non-hydrogen) atoms. The molecule has 0 aliphatic carbocycles. The molecule has 4 rings (SSSR count). The first kappa shape index (κ1) is 29.4. The smallest absolute Gasteiger partial charge is 0.295 e. The van der Waals surface area contributed by atoms with Crippen molar-refractivity contribution in [3.8, 4) is 11.5 Å². The van der Waals surface area contributed by atoms with E-state index in [0.29, 0.717) is 39.5 Å². The van der Waals surface area contributed by atoms with E-state index >= 15 is 0 Å². The predicted molar refractivity (Wildman–Crippen MR) is 147 cm³/mol. The number of methoxy groups -OCH3 is 2. The first-order chi connectivity index (χ1) is 19.5. The molecule has 0 unspecified atom stereocenters. The van der Waals surface area contributed by atoms with Crippen LogP contribution in [0.25, 0.3) is 0 Å². The molecule has 0 radical (unpaired) electrons. The molecule has 1 fully saturated rings. The number of benzene rings is 2. The zero-order valence-electron chi connectivity index (χ0n) is 23.0. The molecule has 0 spiro atoms. The molecular formula is C28H38N4O8. The molecule has 2 aliphatic heterocycles. The number of amides is 1. The van der Waals surface area contributed by atoms with Crippen molar-refractivity contribution in [3.63, 3.8) is 0 Å². The SMILES string of the molecule is COCCCN1CCOc2ccc(CO[C@H]3CNC[C@@H](CNC(=O)CO[N+](=O)[O-])[C@@H]3c3ccc(OC)cc3)cc21. The number of nitrogens with one attached hydrogen (secondary N) is 2. The third-order valence-corrected chi connectivity index (χ3v) is 7.25. The van der Waals surface area contributed by atoms with Crippen molar-refractivity contribution in [1.29, 1.82) is 0 Å². The first-order valence-electron chi connectivity index (χ1n) is 13.5. The van der Waals surface area contributed by atoms with Gasteiger partial charge < -0.3 is 39.3 Å². The third-order valence-electron chi connectivity index (χ3n) is 7.25. The van der Waals surface area contributed by atoms with E-state index in [1.54, 1.807) is 14.2 Å². The molecule has 2 N–H and O–H groups in total.